The number of pyridine rings is 1. The van der Waals surface area contributed by atoms with Gasteiger partial charge in [0.25, 0.3) is 0 Å². The number of fused-ring (bicyclic) bond motifs is 2. The molecule has 1 aromatic heterocycles. The van der Waals surface area contributed by atoms with E-state index in [9.17, 15) is 19.0 Å². The number of benzene rings is 2. The predicted molar refractivity (Wildman–Crippen MR) is 128 cm³/mol. The highest BCUT2D eigenvalue weighted by Gasteiger charge is 2.31. The highest BCUT2D eigenvalue weighted by Crippen LogP contribution is 2.51. The van der Waals surface area contributed by atoms with Crippen LogP contribution in [0.5, 0.6) is 0 Å². The minimum absolute atomic E-state index is 0.248. The maximum absolute atomic E-state index is 11.5. The Labute approximate surface area is 188 Å². The van der Waals surface area contributed by atoms with Crippen LogP contribution < -0.4 is 9.80 Å². The summed E-state index contributed by atoms with van der Waals surface area (Å²) >= 11 is 0. The lowest BCUT2D eigenvalue weighted by atomic mass is 10.1. The van der Waals surface area contributed by atoms with Gasteiger partial charge in [-0.2, -0.15) is 10.6 Å². The van der Waals surface area contributed by atoms with Gasteiger partial charge in [0.2, 0.25) is 0 Å². The number of aromatic nitrogens is 1. The van der Waals surface area contributed by atoms with E-state index in [2.05, 4.69) is 15.9 Å². The molecule has 0 aliphatic carbocycles. The molecular weight excluding hydrogens is 426 g/mol. The lowest BCUT2D eigenvalue weighted by Crippen LogP contribution is -2.27. The van der Waals surface area contributed by atoms with Crippen LogP contribution in [0.15, 0.2) is 53.4 Å². The molecular formula is C24H27N3O4S. The molecule has 0 saturated carbocycles. The standard InChI is InChI=1S/C24H27N3O4S/c1-16-6-7-20-19(12-16)21(26-9-8-18(15-26)24(28)29)13-23(25-20)27-10-11-32(30,31)22-5-3-2-4-17(22)14-27/h2-7,12-13,18,30-31H,8-11,14-15H2,1H3,(H,28,29). The van der Waals surface area contributed by atoms with Crippen molar-refractivity contribution in [2.45, 2.75) is 24.8 Å². The maximum atomic E-state index is 11.5. The van der Waals surface area contributed by atoms with E-state index < -0.39 is 16.6 Å². The number of nitrogens with zero attached hydrogens (tertiary/aromatic N) is 3. The summed E-state index contributed by atoms with van der Waals surface area (Å²) < 4.78 is 21.4. The third-order valence-corrected chi connectivity index (χ3v) is 8.32. The first-order valence-electron chi connectivity index (χ1n) is 10.8. The van der Waals surface area contributed by atoms with E-state index in [4.69, 9.17) is 4.98 Å². The predicted octanol–water partition coefficient (Wildman–Crippen LogP) is 4.58. The largest absolute Gasteiger partial charge is 0.481 e. The maximum Gasteiger partial charge on any atom is 0.308 e. The SMILES string of the molecule is Cc1ccc2nc(N3CCS(O)(O)c4ccccc4C3)cc(N3CCC(C(=O)O)C3)c2c1. The van der Waals surface area contributed by atoms with Gasteiger partial charge in [-0.3, -0.25) is 13.9 Å². The van der Waals surface area contributed by atoms with E-state index in [1.807, 2.05) is 43.3 Å². The van der Waals surface area contributed by atoms with Gasteiger partial charge in [-0.15, -0.1) is 0 Å². The Bertz CT molecular complexity index is 1200. The topological polar surface area (TPSA) is 97.1 Å². The molecule has 7 nitrogen and oxygen atoms in total. The van der Waals surface area contributed by atoms with Gasteiger partial charge in [0.15, 0.2) is 0 Å². The first-order valence-corrected chi connectivity index (χ1v) is 12.5. The van der Waals surface area contributed by atoms with Gasteiger partial charge in [-0.05, 0) is 37.1 Å². The molecule has 0 bridgehead atoms. The second-order valence-electron chi connectivity index (χ2n) is 8.69. The van der Waals surface area contributed by atoms with Crippen molar-refractivity contribution in [1.29, 1.82) is 0 Å². The molecule has 0 spiro atoms. The summed E-state index contributed by atoms with van der Waals surface area (Å²) in [6, 6.07) is 15.6. The lowest BCUT2D eigenvalue weighted by Gasteiger charge is -2.32. The summed E-state index contributed by atoms with van der Waals surface area (Å²) in [6.45, 7) is 4.21. The molecule has 1 atom stereocenters. The normalized spacial score (nSPS) is 21.3. The third-order valence-electron chi connectivity index (χ3n) is 6.46. The van der Waals surface area contributed by atoms with E-state index in [1.165, 1.54) is 0 Å². The Morgan fingerprint density at radius 2 is 1.91 bits per heavy atom. The van der Waals surface area contributed by atoms with Crippen LogP contribution in [0.2, 0.25) is 0 Å². The number of anilines is 2. The van der Waals surface area contributed by atoms with E-state index in [1.54, 1.807) is 6.07 Å². The fourth-order valence-electron chi connectivity index (χ4n) is 4.69. The number of carboxylic acid groups (broad SMARTS) is 1. The van der Waals surface area contributed by atoms with Crippen LogP contribution in [0.25, 0.3) is 10.9 Å². The van der Waals surface area contributed by atoms with Gasteiger partial charge in [0.1, 0.15) is 5.82 Å². The second-order valence-corrected chi connectivity index (χ2v) is 10.9. The van der Waals surface area contributed by atoms with Crippen molar-refractivity contribution in [2.24, 2.45) is 5.92 Å². The van der Waals surface area contributed by atoms with E-state index in [0.717, 1.165) is 33.5 Å². The highest BCUT2D eigenvalue weighted by molar-refractivity contribution is 8.24. The minimum atomic E-state index is -2.86. The van der Waals surface area contributed by atoms with Gasteiger partial charge in [-0.1, -0.05) is 29.8 Å². The van der Waals surface area contributed by atoms with Crippen LogP contribution in [-0.2, 0) is 11.3 Å². The highest BCUT2D eigenvalue weighted by atomic mass is 32.3. The molecule has 0 amide bonds. The first-order chi connectivity index (χ1) is 15.3. The summed E-state index contributed by atoms with van der Waals surface area (Å²) in [5.74, 6) is -0.110. The Morgan fingerprint density at radius 3 is 2.69 bits per heavy atom. The second kappa shape index (κ2) is 7.95. The Balaban J connectivity index is 1.58. The fraction of sp³-hybridized carbons (Fsp3) is 0.333. The summed E-state index contributed by atoms with van der Waals surface area (Å²) in [4.78, 5) is 21.3. The molecule has 1 fully saturated rings. The van der Waals surface area contributed by atoms with Crippen LogP contribution in [0.1, 0.15) is 17.5 Å². The van der Waals surface area contributed by atoms with Crippen molar-refractivity contribution in [3.8, 4) is 0 Å². The molecule has 1 saturated heterocycles. The molecule has 2 aliphatic heterocycles. The van der Waals surface area contributed by atoms with Gasteiger partial charge in [0, 0.05) is 43.3 Å². The fourth-order valence-corrected chi connectivity index (χ4v) is 6.24. The Morgan fingerprint density at radius 1 is 1.09 bits per heavy atom. The quantitative estimate of drug-likeness (QED) is 0.534. The molecule has 1 unspecified atom stereocenters. The van der Waals surface area contributed by atoms with E-state index in [-0.39, 0.29) is 11.7 Å². The summed E-state index contributed by atoms with van der Waals surface area (Å²) in [7, 11) is -2.86. The molecule has 8 heteroatoms. The summed E-state index contributed by atoms with van der Waals surface area (Å²) in [5.41, 5.74) is 3.86. The average molecular weight is 454 g/mol. The number of carbonyl (C=O) groups is 1. The Hall–Kier alpha value is -2.81. The smallest absolute Gasteiger partial charge is 0.308 e. The number of rotatable bonds is 3. The van der Waals surface area contributed by atoms with Crippen LogP contribution in [0.3, 0.4) is 0 Å². The summed E-state index contributed by atoms with van der Waals surface area (Å²) in [5, 5.41) is 10.5. The third kappa shape index (κ3) is 3.79. The van der Waals surface area contributed by atoms with Crippen LogP contribution in [-0.4, -0.2) is 50.6 Å². The van der Waals surface area contributed by atoms with Gasteiger partial charge in [0.05, 0.1) is 22.1 Å². The number of hydrogen-bond acceptors (Lipinski definition) is 6. The number of hydrogen-bond donors (Lipinski definition) is 3. The van der Waals surface area contributed by atoms with Crippen LogP contribution >= 0.6 is 10.6 Å². The van der Waals surface area contributed by atoms with Crippen molar-refractivity contribution in [1.82, 2.24) is 4.98 Å². The molecule has 168 valence electrons. The molecule has 32 heavy (non-hydrogen) atoms. The van der Waals surface area contributed by atoms with Gasteiger partial charge < -0.3 is 14.9 Å². The molecule has 2 aliphatic rings. The molecule has 0 radical (unpaired) electrons. The zero-order chi connectivity index (χ0) is 22.5. The van der Waals surface area contributed by atoms with Gasteiger partial charge in [-0.25, -0.2) is 4.98 Å². The van der Waals surface area contributed by atoms with Gasteiger partial charge >= 0.3 is 5.97 Å². The van der Waals surface area contributed by atoms with Crippen LogP contribution in [0.4, 0.5) is 11.5 Å². The first kappa shape index (κ1) is 21.1. The lowest BCUT2D eigenvalue weighted by molar-refractivity contribution is -0.140. The molecule has 2 aromatic carbocycles. The molecule has 3 N–H and O–H groups in total. The zero-order valence-electron chi connectivity index (χ0n) is 17.9. The zero-order valence-corrected chi connectivity index (χ0v) is 18.8. The number of carboxylic acids is 1. The van der Waals surface area contributed by atoms with E-state index >= 15 is 0 Å². The molecule has 3 heterocycles. The van der Waals surface area contributed by atoms with Crippen molar-refractivity contribution in [2.75, 3.05) is 35.2 Å². The minimum Gasteiger partial charge on any atom is -0.481 e. The van der Waals surface area contributed by atoms with Crippen molar-refractivity contribution >= 4 is 39.0 Å². The number of aliphatic carboxylic acids is 1. The number of aryl methyl sites for hydroxylation is 1. The van der Waals surface area contributed by atoms with Crippen molar-refractivity contribution < 1.29 is 19.0 Å². The molecule has 3 aromatic rings. The van der Waals surface area contributed by atoms with Crippen molar-refractivity contribution in [3.63, 3.8) is 0 Å². The monoisotopic (exact) mass is 453 g/mol. The Kier molecular flexibility index (Phi) is 5.23. The summed E-state index contributed by atoms with van der Waals surface area (Å²) in [6.07, 6.45) is 0.623. The van der Waals surface area contributed by atoms with Crippen molar-refractivity contribution in [3.05, 3.63) is 59.7 Å². The average Bonchev–Trinajstić information content (AvgIpc) is 3.22. The van der Waals surface area contributed by atoms with E-state index in [0.29, 0.717) is 37.5 Å². The van der Waals surface area contributed by atoms with Crippen LogP contribution in [0, 0.1) is 12.8 Å². The molecule has 5 rings (SSSR count).